The van der Waals surface area contributed by atoms with Crippen molar-refractivity contribution >= 4 is 22.1 Å². The molecule has 0 atom stereocenters. The van der Waals surface area contributed by atoms with Crippen LogP contribution < -0.4 is 14.9 Å². The summed E-state index contributed by atoms with van der Waals surface area (Å²) in [7, 11) is -0.965. The third-order valence-electron chi connectivity index (χ3n) is 4.03. The zero-order chi connectivity index (χ0) is 21.4. The molecule has 0 aliphatic rings. The van der Waals surface area contributed by atoms with Gasteiger partial charge in [-0.1, -0.05) is 0 Å². The number of sulfonamides is 1. The van der Waals surface area contributed by atoms with Crippen LogP contribution in [0.3, 0.4) is 0 Å². The Morgan fingerprint density at radius 2 is 1.90 bits per heavy atom. The van der Waals surface area contributed by atoms with Gasteiger partial charge in [-0.15, -0.1) is 0 Å². The van der Waals surface area contributed by atoms with E-state index in [1.165, 1.54) is 32.5 Å². The van der Waals surface area contributed by atoms with E-state index in [1.54, 1.807) is 37.3 Å². The highest BCUT2D eigenvalue weighted by Gasteiger charge is 2.23. The number of nitrogens with zero attached hydrogens (tertiary/aromatic N) is 2. The fourth-order valence-corrected chi connectivity index (χ4v) is 3.72. The number of benzene rings is 2. The summed E-state index contributed by atoms with van der Waals surface area (Å²) < 4.78 is 36.8. The number of methoxy groups -OCH3 is 1. The maximum atomic E-state index is 12.7. The van der Waals surface area contributed by atoms with Crippen molar-refractivity contribution in [3.05, 3.63) is 53.6 Å². The van der Waals surface area contributed by atoms with Crippen molar-refractivity contribution in [3.8, 4) is 11.5 Å². The highest BCUT2D eigenvalue weighted by molar-refractivity contribution is 7.89. The third-order valence-corrected chi connectivity index (χ3v) is 5.83. The van der Waals surface area contributed by atoms with Crippen LogP contribution in [-0.4, -0.2) is 52.2 Å². The first-order valence-electron chi connectivity index (χ1n) is 8.93. The van der Waals surface area contributed by atoms with Gasteiger partial charge < -0.3 is 9.47 Å². The number of hydrogen-bond donors (Lipinski definition) is 1. The van der Waals surface area contributed by atoms with E-state index < -0.39 is 15.9 Å². The van der Waals surface area contributed by atoms with Crippen LogP contribution in [0.1, 0.15) is 18.1 Å². The first-order valence-corrected chi connectivity index (χ1v) is 10.4. The number of nitrogens with one attached hydrogen (secondary N) is 1. The predicted molar refractivity (Wildman–Crippen MR) is 111 cm³/mol. The van der Waals surface area contributed by atoms with Crippen molar-refractivity contribution in [3.63, 3.8) is 0 Å². The number of carbonyl (C=O) groups is 1. The van der Waals surface area contributed by atoms with E-state index in [4.69, 9.17) is 9.47 Å². The highest BCUT2D eigenvalue weighted by Crippen LogP contribution is 2.23. The first kappa shape index (κ1) is 22.4. The molecule has 0 fully saturated rings. The van der Waals surface area contributed by atoms with Crippen molar-refractivity contribution in [2.45, 2.75) is 18.7 Å². The van der Waals surface area contributed by atoms with Crippen molar-refractivity contribution in [1.29, 1.82) is 0 Å². The second kappa shape index (κ2) is 10.0. The van der Waals surface area contributed by atoms with Crippen LogP contribution in [0.2, 0.25) is 0 Å². The van der Waals surface area contributed by atoms with Gasteiger partial charge in [-0.2, -0.15) is 9.41 Å². The normalized spacial score (nSPS) is 11.6. The summed E-state index contributed by atoms with van der Waals surface area (Å²) in [6, 6.07) is 11.7. The number of amides is 1. The molecule has 8 nitrogen and oxygen atoms in total. The Kier molecular flexibility index (Phi) is 7.74. The molecule has 0 saturated carbocycles. The van der Waals surface area contributed by atoms with Crippen LogP contribution in [-0.2, 0) is 14.8 Å². The monoisotopic (exact) mass is 419 g/mol. The minimum atomic E-state index is -3.82. The molecule has 0 heterocycles. The molecule has 0 aromatic heterocycles. The average molecular weight is 420 g/mol. The van der Waals surface area contributed by atoms with Gasteiger partial charge in [-0.25, -0.2) is 13.8 Å². The summed E-state index contributed by atoms with van der Waals surface area (Å²) in [5, 5.41) is 3.86. The summed E-state index contributed by atoms with van der Waals surface area (Å²) in [5.41, 5.74) is 3.78. The lowest BCUT2D eigenvalue weighted by atomic mass is 10.2. The second-order valence-electron chi connectivity index (χ2n) is 6.19. The molecule has 0 bridgehead atoms. The van der Waals surface area contributed by atoms with E-state index >= 15 is 0 Å². The SMILES string of the molecule is CCOc1ccc(C=NNC(=O)CN(C)S(=O)(=O)c2ccc(OC)c(C)c2)cc1. The lowest BCUT2D eigenvalue weighted by Gasteiger charge is -2.17. The van der Waals surface area contributed by atoms with Crippen LogP contribution in [0.5, 0.6) is 11.5 Å². The molecule has 1 amide bonds. The zero-order valence-electron chi connectivity index (χ0n) is 16.9. The molecule has 0 spiro atoms. The molecule has 156 valence electrons. The minimum Gasteiger partial charge on any atom is -0.496 e. The Labute approximate surface area is 171 Å². The molecular weight excluding hydrogens is 394 g/mol. The number of aryl methyl sites for hydroxylation is 1. The standard InChI is InChI=1S/C20H25N3O5S/c1-5-28-17-8-6-16(7-9-17)13-21-22-20(24)14-23(3)29(25,26)18-10-11-19(27-4)15(2)12-18/h6-13H,5,14H2,1-4H3,(H,22,24). The molecule has 1 N–H and O–H groups in total. The molecule has 0 aliphatic heterocycles. The van der Waals surface area contributed by atoms with Crippen LogP contribution in [0.15, 0.2) is 52.5 Å². The largest absolute Gasteiger partial charge is 0.496 e. The number of carbonyl (C=O) groups excluding carboxylic acids is 1. The van der Waals surface area contributed by atoms with E-state index in [2.05, 4.69) is 10.5 Å². The van der Waals surface area contributed by atoms with E-state index in [9.17, 15) is 13.2 Å². The quantitative estimate of drug-likeness (QED) is 0.496. The fourth-order valence-electron chi connectivity index (χ4n) is 2.51. The van der Waals surface area contributed by atoms with Gasteiger partial charge in [0.25, 0.3) is 5.91 Å². The summed E-state index contributed by atoms with van der Waals surface area (Å²) in [6.07, 6.45) is 1.47. The smallest absolute Gasteiger partial charge is 0.255 e. The molecular formula is C20H25N3O5S. The third kappa shape index (κ3) is 6.03. The summed E-state index contributed by atoms with van der Waals surface area (Å²) in [5.74, 6) is 0.783. The van der Waals surface area contributed by atoms with E-state index in [-0.39, 0.29) is 11.4 Å². The maximum absolute atomic E-state index is 12.7. The van der Waals surface area contributed by atoms with Crippen LogP contribution in [0.4, 0.5) is 0 Å². The topological polar surface area (TPSA) is 97.3 Å². The number of likely N-dealkylation sites (N-methyl/N-ethyl adjacent to an activating group) is 1. The van der Waals surface area contributed by atoms with Crippen LogP contribution >= 0.6 is 0 Å². The Morgan fingerprint density at radius 1 is 1.21 bits per heavy atom. The van der Waals surface area contributed by atoms with E-state index in [1.807, 2.05) is 6.92 Å². The maximum Gasteiger partial charge on any atom is 0.255 e. The van der Waals surface area contributed by atoms with E-state index in [0.717, 1.165) is 15.6 Å². The molecule has 0 saturated heterocycles. The van der Waals surface area contributed by atoms with E-state index in [0.29, 0.717) is 17.9 Å². The lowest BCUT2D eigenvalue weighted by Crippen LogP contribution is -2.36. The molecule has 2 aromatic rings. The van der Waals surface area contributed by atoms with Gasteiger partial charge in [0.2, 0.25) is 10.0 Å². The van der Waals surface area contributed by atoms with Crippen molar-refractivity contribution in [1.82, 2.24) is 9.73 Å². The minimum absolute atomic E-state index is 0.0870. The molecule has 0 aliphatic carbocycles. The lowest BCUT2D eigenvalue weighted by molar-refractivity contribution is -0.121. The molecule has 0 unspecified atom stereocenters. The highest BCUT2D eigenvalue weighted by atomic mass is 32.2. The molecule has 2 aromatic carbocycles. The fraction of sp³-hybridized carbons (Fsp3) is 0.300. The van der Waals surface area contributed by atoms with Gasteiger partial charge in [0.15, 0.2) is 0 Å². The summed E-state index contributed by atoms with van der Waals surface area (Å²) in [4.78, 5) is 12.1. The Balaban J connectivity index is 1.96. The average Bonchev–Trinajstić information content (AvgIpc) is 2.69. The Hall–Kier alpha value is -2.91. The predicted octanol–water partition coefficient (Wildman–Crippen LogP) is 2.17. The van der Waals surface area contributed by atoms with Crippen LogP contribution in [0.25, 0.3) is 0 Å². The molecule has 29 heavy (non-hydrogen) atoms. The van der Waals surface area contributed by atoms with Crippen LogP contribution in [0, 0.1) is 6.92 Å². The van der Waals surface area contributed by atoms with Gasteiger partial charge in [0.05, 0.1) is 31.4 Å². The van der Waals surface area contributed by atoms with Gasteiger partial charge in [0, 0.05) is 7.05 Å². The van der Waals surface area contributed by atoms with Gasteiger partial charge in [-0.3, -0.25) is 4.79 Å². The number of rotatable bonds is 9. The Morgan fingerprint density at radius 3 is 2.48 bits per heavy atom. The summed E-state index contributed by atoms with van der Waals surface area (Å²) in [6.45, 7) is 3.86. The molecule has 2 rings (SSSR count). The van der Waals surface area contributed by atoms with Crippen molar-refractivity contribution in [2.75, 3.05) is 27.3 Å². The summed E-state index contributed by atoms with van der Waals surface area (Å²) >= 11 is 0. The first-order chi connectivity index (χ1) is 13.8. The molecule has 0 radical (unpaired) electrons. The second-order valence-corrected chi connectivity index (χ2v) is 8.23. The van der Waals surface area contributed by atoms with Crippen molar-refractivity contribution < 1.29 is 22.7 Å². The number of hydrazone groups is 1. The van der Waals surface area contributed by atoms with Gasteiger partial charge in [0.1, 0.15) is 11.5 Å². The number of hydrogen-bond acceptors (Lipinski definition) is 6. The zero-order valence-corrected chi connectivity index (χ0v) is 17.7. The molecule has 9 heteroatoms. The van der Waals surface area contributed by atoms with Crippen molar-refractivity contribution in [2.24, 2.45) is 5.10 Å². The number of ether oxygens (including phenoxy) is 2. The van der Waals surface area contributed by atoms with Gasteiger partial charge in [-0.05, 0) is 67.4 Å². The van der Waals surface area contributed by atoms with Gasteiger partial charge >= 0.3 is 0 Å². The Bertz CT molecular complexity index is 972.